The van der Waals surface area contributed by atoms with Gasteiger partial charge >= 0.3 is 12.2 Å². The van der Waals surface area contributed by atoms with E-state index in [0.717, 1.165) is 12.1 Å². The van der Waals surface area contributed by atoms with Gasteiger partial charge in [-0.05, 0) is 82.3 Å². The maximum absolute atomic E-state index is 13.3. The molecule has 3 aromatic carbocycles. The average Bonchev–Trinajstić information content (AvgIpc) is 2.90. The number of nitrogens with one attached hydrogen (secondary N) is 1. The highest BCUT2D eigenvalue weighted by atomic mass is 127. The molecule has 1 saturated heterocycles. The molecule has 3 aromatic rings. The molecule has 0 aromatic heterocycles. The summed E-state index contributed by atoms with van der Waals surface area (Å²) in [5.41, 5.74) is -1.40. The van der Waals surface area contributed by atoms with Gasteiger partial charge in [-0.25, -0.2) is 9.69 Å². The second kappa shape index (κ2) is 11.7. The summed E-state index contributed by atoms with van der Waals surface area (Å²) in [6.45, 7) is 0.0422. The highest BCUT2D eigenvalue weighted by Crippen LogP contribution is 2.38. The number of hydrogen-bond donors (Lipinski definition) is 1. The Labute approximate surface area is 248 Å². The van der Waals surface area contributed by atoms with Crippen LogP contribution in [0.4, 0.5) is 29.3 Å². The van der Waals surface area contributed by atoms with Gasteiger partial charge in [-0.15, -0.1) is 0 Å². The maximum atomic E-state index is 13.3. The van der Waals surface area contributed by atoms with Crippen molar-refractivity contribution in [3.63, 3.8) is 0 Å². The van der Waals surface area contributed by atoms with Crippen molar-refractivity contribution in [1.29, 1.82) is 0 Å². The zero-order valence-electron chi connectivity index (χ0n) is 20.6. The minimum Gasteiger partial charge on any atom is -0.493 e. The van der Waals surface area contributed by atoms with Gasteiger partial charge in [0.1, 0.15) is 12.2 Å². The number of carbonyl (C=O) groups excluding carboxylic acids is 3. The number of nitro groups is 1. The normalized spacial score (nSPS) is 14.7. The molecule has 15 heteroatoms. The minimum atomic E-state index is -4.78. The standard InChI is InChI=1S/C26H16ClF3IN3O7/c1-40-21-10-14(9-19(31)22(21)41-12-13-2-5-16(6-3-13)34(38)39)8-17-23(35)32-25(37)33(24(17)36)20-11-15(26(28,29)30)4-7-18(20)27/h2-11H,12H2,1H3,(H,32,35,37)/b17-8+. The Bertz CT molecular complexity index is 1610. The van der Waals surface area contributed by atoms with Crippen LogP contribution in [0.3, 0.4) is 0 Å². The number of non-ortho nitro benzene ring substituents is 1. The second-order valence-electron chi connectivity index (χ2n) is 8.37. The molecule has 0 saturated carbocycles. The first-order valence-corrected chi connectivity index (χ1v) is 12.8. The molecule has 0 unspecified atom stereocenters. The van der Waals surface area contributed by atoms with Crippen LogP contribution in [0.5, 0.6) is 11.5 Å². The molecular weight excluding hydrogens is 686 g/mol. The van der Waals surface area contributed by atoms with Crippen molar-refractivity contribution in [3.05, 3.63) is 95.6 Å². The molecule has 0 atom stereocenters. The number of hydrogen-bond acceptors (Lipinski definition) is 7. The van der Waals surface area contributed by atoms with Crippen LogP contribution in [0.1, 0.15) is 16.7 Å². The van der Waals surface area contributed by atoms with Gasteiger partial charge in [-0.2, -0.15) is 13.2 Å². The fourth-order valence-corrected chi connectivity index (χ4v) is 4.72. The van der Waals surface area contributed by atoms with Crippen LogP contribution in [-0.2, 0) is 22.4 Å². The molecule has 1 aliphatic heterocycles. The summed E-state index contributed by atoms with van der Waals surface area (Å²) in [6, 6.07) is 9.59. The Balaban J connectivity index is 1.65. The number of ether oxygens (including phenoxy) is 2. The summed E-state index contributed by atoms with van der Waals surface area (Å²) < 4.78 is 51.5. The second-order valence-corrected chi connectivity index (χ2v) is 9.94. The number of imide groups is 2. The van der Waals surface area contributed by atoms with Crippen molar-refractivity contribution < 1.29 is 42.0 Å². The van der Waals surface area contributed by atoms with E-state index in [2.05, 4.69) is 0 Å². The molecule has 0 radical (unpaired) electrons. The first kappa shape index (κ1) is 29.8. The van der Waals surface area contributed by atoms with E-state index >= 15 is 0 Å². The van der Waals surface area contributed by atoms with E-state index in [0.29, 0.717) is 31.9 Å². The van der Waals surface area contributed by atoms with Gasteiger partial charge in [0.2, 0.25) is 0 Å². The molecule has 4 amide bonds. The molecule has 10 nitrogen and oxygen atoms in total. The third kappa shape index (κ3) is 6.43. The molecule has 4 rings (SSSR count). The Morgan fingerprint density at radius 2 is 1.78 bits per heavy atom. The van der Waals surface area contributed by atoms with E-state index in [9.17, 15) is 37.7 Å². The monoisotopic (exact) mass is 701 g/mol. The molecule has 1 fully saturated rings. The van der Waals surface area contributed by atoms with E-state index in [1.54, 1.807) is 6.07 Å². The van der Waals surface area contributed by atoms with Crippen LogP contribution in [0.2, 0.25) is 5.02 Å². The molecule has 0 aliphatic carbocycles. The number of carbonyl (C=O) groups is 3. The molecule has 0 bridgehead atoms. The predicted octanol–water partition coefficient (Wildman–Crippen LogP) is 6.13. The minimum absolute atomic E-state index is 0.0422. The van der Waals surface area contributed by atoms with Gasteiger partial charge in [-0.1, -0.05) is 11.6 Å². The number of nitrogens with zero attached hydrogens (tertiary/aromatic N) is 2. The van der Waals surface area contributed by atoms with Crippen LogP contribution in [0, 0.1) is 13.7 Å². The van der Waals surface area contributed by atoms with E-state index in [1.165, 1.54) is 37.4 Å². The number of methoxy groups -OCH3 is 1. The number of amides is 4. The Morgan fingerprint density at radius 1 is 1.10 bits per heavy atom. The number of urea groups is 1. The summed E-state index contributed by atoms with van der Waals surface area (Å²) in [7, 11) is 1.36. The maximum Gasteiger partial charge on any atom is 0.416 e. The van der Waals surface area contributed by atoms with Crippen LogP contribution in [-0.4, -0.2) is 29.9 Å². The highest BCUT2D eigenvalue weighted by Gasteiger charge is 2.39. The van der Waals surface area contributed by atoms with Crippen LogP contribution >= 0.6 is 34.2 Å². The van der Waals surface area contributed by atoms with Crippen molar-refractivity contribution in [3.8, 4) is 11.5 Å². The lowest BCUT2D eigenvalue weighted by Gasteiger charge is -2.27. The number of nitro benzene ring substituents is 1. The largest absolute Gasteiger partial charge is 0.493 e. The third-order valence-corrected chi connectivity index (χ3v) is 6.83. The van der Waals surface area contributed by atoms with E-state index in [1.807, 2.05) is 27.9 Å². The zero-order valence-corrected chi connectivity index (χ0v) is 23.5. The summed E-state index contributed by atoms with van der Waals surface area (Å²) >= 11 is 7.95. The van der Waals surface area contributed by atoms with E-state index in [4.69, 9.17) is 21.1 Å². The van der Waals surface area contributed by atoms with Crippen molar-refractivity contribution in [2.45, 2.75) is 12.8 Å². The third-order valence-electron chi connectivity index (χ3n) is 5.71. The number of benzene rings is 3. The molecule has 212 valence electrons. The molecular formula is C26H16ClF3IN3O7. The fourth-order valence-electron chi connectivity index (χ4n) is 3.74. The van der Waals surface area contributed by atoms with Crippen molar-refractivity contribution in [2.75, 3.05) is 12.0 Å². The molecule has 1 aliphatic rings. The smallest absolute Gasteiger partial charge is 0.416 e. The van der Waals surface area contributed by atoms with Crippen molar-refractivity contribution in [1.82, 2.24) is 5.32 Å². The Hall–Kier alpha value is -4.18. The lowest BCUT2D eigenvalue weighted by atomic mass is 10.1. The molecule has 1 N–H and O–H groups in total. The summed E-state index contributed by atoms with van der Waals surface area (Å²) in [6.07, 6.45) is -3.64. The number of barbiturate groups is 1. The SMILES string of the molecule is COc1cc(/C=C2\C(=O)NC(=O)N(c3cc(C(F)(F)F)ccc3Cl)C2=O)cc(I)c1OCc1ccc([N+](=O)[O-])cc1. The first-order valence-electron chi connectivity index (χ1n) is 11.3. The van der Waals surface area contributed by atoms with Gasteiger partial charge in [0.25, 0.3) is 17.5 Å². The van der Waals surface area contributed by atoms with Gasteiger partial charge < -0.3 is 9.47 Å². The van der Waals surface area contributed by atoms with Gasteiger partial charge in [0.05, 0.1) is 31.9 Å². The summed E-state index contributed by atoms with van der Waals surface area (Å²) in [5, 5.41) is 12.5. The predicted molar refractivity (Wildman–Crippen MR) is 149 cm³/mol. The van der Waals surface area contributed by atoms with Gasteiger partial charge in [0.15, 0.2) is 11.5 Å². The van der Waals surface area contributed by atoms with E-state index < -0.39 is 45.8 Å². The highest BCUT2D eigenvalue weighted by molar-refractivity contribution is 14.1. The van der Waals surface area contributed by atoms with E-state index in [-0.39, 0.29) is 28.6 Å². The first-order chi connectivity index (χ1) is 19.3. The van der Waals surface area contributed by atoms with Crippen LogP contribution in [0.15, 0.2) is 60.2 Å². The van der Waals surface area contributed by atoms with Crippen LogP contribution < -0.4 is 19.7 Å². The number of rotatable bonds is 7. The quantitative estimate of drug-likeness (QED) is 0.103. The topological polar surface area (TPSA) is 128 Å². The molecule has 41 heavy (non-hydrogen) atoms. The number of halogens is 5. The zero-order chi connectivity index (χ0) is 30.1. The summed E-state index contributed by atoms with van der Waals surface area (Å²) in [4.78, 5) is 49.0. The number of alkyl halides is 3. The lowest BCUT2D eigenvalue weighted by molar-refractivity contribution is -0.384. The van der Waals surface area contributed by atoms with Gasteiger partial charge in [0, 0.05) is 12.1 Å². The molecule has 1 heterocycles. The van der Waals surface area contributed by atoms with Crippen LogP contribution in [0.25, 0.3) is 6.08 Å². The average molecular weight is 702 g/mol. The van der Waals surface area contributed by atoms with Gasteiger partial charge in [-0.3, -0.25) is 25.0 Å². The Kier molecular flexibility index (Phi) is 8.53. The van der Waals surface area contributed by atoms with Crippen molar-refractivity contribution in [2.24, 2.45) is 0 Å². The number of anilines is 1. The fraction of sp³-hybridized carbons (Fsp3) is 0.115. The van der Waals surface area contributed by atoms with Crippen molar-refractivity contribution >= 4 is 69.5 Å². The molecule has 0 spiro atoms. The Morgan fingerprint density at radius 3 is 2.39 bits per heavy atom. The lowest BCUT2D eigenvalue weighted by Crippen LogP contribution is -2.54. The summed E-state index contributed by atoms with van der Waals surface area (Å²) in [5.74, 6) is -1.73.